The van der Waals surface area contributed by atoms with Crippen LogP contribution in [0, 0.1) is 0 Å². The molecule has 2 aromatic rings. The van der Waals surface area contributed by atoms with Crippen LogP contribution in [0.15, 0.2) is 34.9 Å². The van der Waals surface area contributed by atoms with Gasteiger partial charge in [0.25, 0.3) is 0 Å². The highest BCUT2D eigenvalue weighted by molar-refractivity contribution is 9.10. The minimum absolute atomic E-state index is 0.244. The molecule has 4 heteroatoms. The quantitative estimate of drug-likeness (QED) is 0.892. The number of aromatic hydroxyl groups is 1. The average molecular weight is 293 g/mol. The summed E-state index contributed by atoms with van der Waals surface area (Å²) in [5, 5.41) is 9.30. The lowest BCUT2D eigenvalue weighted by Gasteiger charge is -2.12. The lowest BCUT2D eigenvalue weighted by molar-refractivity contribution is 0.475. The van der Waals surface area contributed by atoms with Crippen molar-refractivity contribution in [3.8, 4) is 16.9 Å². The van der Waals surface area contributed by atoms with Gasteiger partial charge in [0, 0.05) is 16.2 Å². The van der Waals surface area contributed by atoms with E-state index in [1.54, 1.807) is 18.3 Å². The van der Waals surface area contributed by atoms with Gasteiger partial charge in [0.05, 0.1) is 0 Å². The third-order valence-corrected chi connectivity index (χ3v) is 3.36. The highest BCUT2D eigenvalue weighted by Crippen LogP contribution is 2.33. The predicted octanol–water partition coefficient (Wildman–Crippen LogP) is 3.36. The van der Waals surface area contributed by atoms with Crippen LogP contribution in [0.2, 0.25) is 0 Å². The molecule has 0 amide bonds. The van der Waals surface area contributed by atoms with Crippen LogP contribution in [0.5, 0.6) is 5.75 Å². The second kappa shape index (κ2) is 4.75. The molecule has 0 fully saturated rings. The van der Waals surface area contributed by atoms with Crippen LogP contribution < -0.4 is 5.73 Å². The molecule has 1 heterocycles. The number of nitrogens with zero attached hydrogens (tertiary/aromatic N) is 1. The molecule has 1 aromatic carbocycles. The Balaban J connectivity index is 2.65. The first kappa shape index (κ1) is 11.9. The third kappa shape index (κ3) is 2.26. The first-order valence-corrected chi connectivity index (χ1v) is 6.15. The molecular formula is C13H13BrN2O. The van der Waals surface area contributed by atoms with Gasteiger partial charge in [0.2, 0.25) is 0 Å². The summed E-state index contributed by atoms with van der Waals surface area (Å²) in [5.41, 5.74) is 8.97. The summed E-state index contributed by atoms with van der Waals surface area (Å²) in [5.74, 6) is 0.754. The van der Waals surface area contributed by atoms with Crippen LogP contribution in [-0.2, 0) is 6.42 Å². The Labute approximate surface area is 108 Å². The Bertz CT molecular complexity index is 538. The van der Waals surface area contributed by atoms with Gasteiger partial charge in [0.1, 0.15) is 11.6 Å². The van der Waals surface area contributed by atoms with Gasteiger partial charge >= 0.3 is 0 Å². The van der Waals surface area contributed by atoms with Gasteiger partial charge in [-0.05, 0) is 45.6 Å². The fourth-order valence-electron chi connectivity index (χ4n) is 1.84. The topological polar surface area (TPSA) is 59.1 Å². The number of phenolic OH excluding ortho intramolecular Hbond substituents is 1. The van der Waals surface area contributed by atoms with Gasteiger partial charge in [-0.1, -0.05) is 19.1 Å². The Morgan fingerprint density at radius 2 is 1.94 bits per heavy atom. The second-order valence-corrected chi connectivity index (χ2v) is 4.60. The maximum atomic E-state index is 9.30. The second-order valence-electron chi connectivity index (χ2n) is 3.75. The molecule has 3 nitrogen and oxygen atoms in total. The van der Waals surface area contributed by atoms with Crippen molar-refractivity contribution >= 4 is 21.7 Å². The zero-order valence-electron chi connectivity index (χ0n) is 9.44. The molecule has 0 saturated heterocycles. The Hall–Kier alpha value is -1.55. The predicted molar refractivity (Wildman–Crippen MR) is 72.8 cm³/mol. The van der Waals surface area contributed by atoms with E-state index < -0.39 is 0 Å². The summed E-state index contributed by atoms with van der Waals surface area (Å²) in [7, 11) is 0. The van der Waals surface area contributed by atoms with Gasteiger partial charge in [0.15, 0.2) is 0 Å². The molecule has 3 N–H and O–H groups in total. The molecule has 2 rings (SSSR count). The number of halogens is 1. The number of nitrogen functional groups attached to an aromatic ring is 1. The number of pyridine rings is 1. The van der Waals surface area contributed by atoms with Crippen molar-refractivity contribution in [2.24, 2.45) is 0 Å². The van der Waals surface area contributed by atoms with E-state index >= 15 is 0 Å². The number of aromatic nitrogens is 1. The molecule has 0 aliphatic rings. The number of benzene rings is 1. The molecular weight excluding hydrogens is 280 g/mol. The molecule has 1 aromatic heterocycles. The Morgan fingerprint density at radius 3 is 2.53 bits per heavy atom. The van der Waals surface area contributed by atoms with E-state index in [9.17, 15) is 5.11 Å². The minimum Gasteiger partial charge on any atom is -0.508 e. The first-order chi connectivity index (χ1) is 8.13. The normalized spacial score (nSPS) is 10.5. The standard InChI is InChI=1S/C13H13BrN2O/c1-2-10-11(14)7-16-13(15)12(10)8-3-5-9(17)6-4-8/h3-7,17H,2H2,1H3,(H2,15,16). The maximum Gasteiger partial charge on any atom is 0.131 e. The number of anilines is 1. The van der Waals surface area contributed by atoms with E-state index in [2.05, 4.69) is 27.8 Å². The molecule has 0 aliphatic heterocycles. The van der Waals surface area contributed by atoms with Crippen LogP contribution >= 0.6 is 15.9 Å². The van der Waals surface area contributed by atoms with Gasteiger partial charge in [-0.3, -0.25) is 0 Å². The summed E-state index contributed by atoms with van der Waals surface area (Å²) in [6.07, 6.45) is 2.58. The summed E-state index contributed by atoms with van der Waals surface area (Å²) in [6, 6.07) is 6.98. The largest absolute Gasteiger partial charge is 0.508 e. The van der Waals surface area contributed by atoms with E-state index in [-0.39, 0.29) is 5.75 Å². The van der Waals surface area contributed by atoms with Crippen LogP contribution in [0.3, 0.4) is 0 Å². The third-order valence-electron chi connectivity index (χ3n) is 2.67. The molecule has 0 radical (unpaired) electrons. The molecule has 0 aliphatic carbocycles. The van der Waals surface area contributed by atoms with E-state index in [0.29, 0.717) is 5.82 Å². The highest BCUT2D eigenvalue weighted by Gasteiger charge is 2.12. The molecule has 0 bridgehead atoms. The number of nitrogens with two attached hydrogens (primary N) is 1. The van der Waals surface area contributed by atoms with Gasteiger partial charge < -0.3 is 10.8 Å². The van der Waals surface area contributed by atoms with E-state index in [4.69, 9.17) is 5.73 Å². The number of rotatable bonds is 2. The first-order valence-electron chi connectivity index (χ1n) is 5.35. The molecule has 88 valence electrons. The number of hydrogen-bond acceptors (Lipinski definition) is 3. The van der Waals surface area contributed by atoms with Crippen molar-refractivity contribution in [1.82, 2.24) is 4.98 Å². The maximum absolute atomic E-state index is 9.30. The van der Waals surface area contributed by atoms with Gasteiger partial charge in [-0.15, -0.1) is 0 Å². The summed E-state index contributed by atoms with van der Waals surface area (Å²) < 4.78 is 0.956. The molecule has 17 heavy (non-hydrogen) atoms. The Kier molecular flexibility index (Phi) is 3.33. The molecule has 0 saturated carbocycles. The SMILES string of the molecule is CCc1c(Br)cnc(N)c1-c1ccc(O)cc1. The van der Waals surface area contributed by atoms with Crippen LogP contribution in [0.4, 0.5) is 5.82 Å². The smallest absolute Gasteiger partial charge is 0.131 e. The molecule has 0 atom stereocenters. The van der Waals surface area contributed by atoms with Crippen molar-refractivity contribution in [3.63, 3.8) is 0 Å². The zero-order valence-corrected chi connectivity index (χ0v) is 11.0. The average Bonchev–Trinajstić information content (AvgIpc) is 2.33. The zero-order chi connectivity index (χ0) is 12.4. The van der Waals surface area contributed by atoms with E-state index in [1.807, 2.05) is 12.1 Å². The highest BCUT2D eigenvalue weighted by atomic mass is 79.9. The lowest BCUT2D eigenvalue weighted by atomic mass is 9.99. The van der Waals surface area contributed by atoms with Crippen molar-refractivity contribution < 1.29 is 5.11 Å². The van der Waals surface area contributed by atoms with Gasteiger partial charge in [-0.2, -0.15) is 0 Å². The van der Waals surface area contributed by atoms with Crippen molar-refractivity contribution in [1.29, 1.82) is 0 Å². The van der Waals surface area contributed by atoms with Crippen LogP contribution in [-0.4, -0.2) is 10.1 Å². The summed E-state index contributed by atoms with van der Waals surface area (Å²) in [6.45, 7) is 2.07. The lowest BCUT2D eigenvalue weighted by Crippen LogP contribution is -1.99. The minimum atomic E-state index is 0.244. The van der Waals surface area contributed by atoms with Gasteiger partial charge in [-0.25, -0.2) is 4.98 Å². The molecule has 0 unspecified atom stereocenters. The Morgan fingerprint density at radius 1 is 1.29 bits per heavy atom. The van der Waals surface area contributed by atoms with Crippen LogP contribution in [0.1, 0.15) is 12.5 Å². The summed E-state index contributed by atoms with van der Waals surface area (Å²) in [4.78, 5) is 4.15. The number of phenols is 1. The number of hydrogen-bond donors (Lipinski definition) is 2. The fourth-order valence-corrected chi connectivity index (χ4v) is 2.42. The summed E-state index contributed by atoms with van der Waals surface area (Å²) >= 11 is 3.49. The van der Waals surface area contributed by atoms with Crippen molar-refractivity contribution in [2.75, 3.05) is 5.73 Å². The van der Waals surface area contributed by atoms with Crippen LogP contribution in [0.25, 0.3) is 11.1 Å². The van der Waals surface area contributed by atoms with E-state index in [1.165, 1.54) is 0 Å². The molecule has 0 spiro atoms. The fraction of sp³-hybridized carbons (Fsp3) is 0.154. The van der Waals surface area contributed by atoms with Crippen molar-refractivity contribution in [2.45, 2.75) is 13.3 Å². The van der Waals surface area contributed by atoms with Crippen molar-refractivity contribution in [3.05, 3.63) is 40.5 Å². The monoisotopic (exact) mass is 292 g/mol. The van der Waals surface area contributed by atoms with E-state index in [0.717, 1.165) is 27.6 Å².